The molecule has 0 aromatic carbocycles. The van der Waals surface area contributed by atoms with E-state index < -0.39 is 18.7 Å². The van der Waals surface area contributed by atoms with Crippen LogP contribution < -0.4 is 0 Å². The lowest BCUT2D eigenvalue weighted by atomic mass is 10.2. The second-order valence-corrected chi connectivity index (χ2v) is 3.23. The van der Waals surface area contributed by atoms with E-state index in [2.05, 4.69) is 4.98 Å². The van der Waals surface area contributed by atoms with Crippen LogP contribution in [0.4, 0.5) is 8.78 Å². The summed E-state index contributed by atoms with van der Waals surface area (Å²) in [5.74, 6) is 0.00511. The van der Waals surface area contributed by atoms with Crippen molar-refractivity contribution in [2.24, 2.45) is 0 Å². The Kier molecular flexibility index (Phi) is 4.04. The molecule has 0 atom stereocenters. The van der Waals surface area contributed by atoms with Gasteiger partial charge in [0.1, 0.15) is 5.69 Å². The first kappa shape index (κ1) is 11.6. The Morgan fingerprint density at radius 1 is 1.50 bits per heavy atom. The largest absolute Gasteiger partial charge is 0.392 e. The van der Waals surface area contributed by atoms with Crippen molar-refractivity contribution in [3.63, 3.8) is 0 Å². The molecule has 14 heavy (non-hydrogen) atoms. The lowest BCUT2D eigenvalue weighted by Gasteiger charge is -2.09. The van der Waals surface area contributed by atoms with Crippen LogP contribution in [-0.2, 0) is 12.5 Å². The van der Waals surface area contributed by atoms with Crippen molar-refractivity contribution < 1.29 is 13.9 Å². The highest BCUT2D eigenvalue weighted by Gasteiger charge is 2.18. The summed E-state index contributed by atoms with van der Waals surface area (Å²) in [5, 5.41) is 8.88. The number of alkyl halides is 3. The number of aliphatic hydroxyl groups is 1. The number of rotatable bonds is 3. The molecular weight excluding hydrogens is 235 g/mol. The van der Waals surface area contributed by atoms with Gasteiger partial charge >= 0.3 is 0 Å². The Balaban J connectivity index is 3.28. The summed E-state index contributed by atoms with van der Waals surface area (Å²) in [4.78, 5) is 3.60. The quantitative estimate of drug-likeness (QED) is 0.826. The Morgan fingerprint density at radius 2 is 2.14 bits per heavy atom. The van der Waals surface area contributed by atoms with Crippen molar-refractivity contribution in [3.05, 3.63) is 28.0 Å². The van der Waals surface area contributed by atoms with E-state index in [1.807, 2.05) is 0 Å². The van der Waals surface area contributed by atoms with E-state index in [9.17, 15) is 8.78 Å². The molecule has 0 unspecified atom stereocenters. The van der Waals surface area contributed by atoms with Crippen molar-refractivity contribution in [3.8, 4) is 0 Å². The van der Waals surface area contributed by atoms with Gasteiger partial charge in [0.15, 0.2) is 0 Å². The van der Waals surface area contributed by atoms with Gasteiger partial charge in [-0.2, -0.15) is 0 Å². The van der Waals surface area contributed by atoms with Crippen LogP contribution in [0.15, 0.2) is 6.07 Å². The molecule has 78 valence electrons. The van der Waals surface area contributed by atoms with Crippen LogP contribution in [0.2, 0.25) is 5.02 Å². The fraction of sp³-hybridized carbons (Fsp3) is 0.375. The number of aromatic nitrogens is 1. The predicted octanol–water partition coefficient (Wildman–Crippen LogP) is 2.90. The van der Waals surface area contributed by atoms with Crippen LogP contribution >= 0.6 is 23.2 Å². The summed E-state index contributed by atoms with van der Waals surface area (Å²) in [5.41, 5.74) is -0.282. The van der Waals surface area contributed by atoms with Gasteiger partial charge < -0.3 is 5.11 Å². The smallest absolute Gasteiger partial charge is 0.280 e. The van der Waals surface area contributed by atoms with Gasteiger partial charge in [0.25, 0.3) is 6.43 Å². The van der Waals surface area contributed by atoms with E-state index in [4.69, 9.17) is 28.3 Å². The molecule has 0 aliphatic carbocycles. The molecular formula is C8H7Cl2F2NO. The first-order chi connectivity index (χ1) is 6.60. The summed E-state index contributed by atoms with van der Waals surface area (Å²) in [6.45, 7) is -0.561. The van der Waals surface area contributed by atoms with Crippen molar-refractivity contribution in [2.45, 2.75) is 18.9 Å². The highest BCUT2D eigenvalue weighted by molar-refractivity contribution is 6.31. The number of hydrogen-bond donors (Lipinski definition) is 1. The molecule has 1 N–H and O–H groups in total. The van der Waals surface area contributed by atoms with Crippen molar-refractivity contribution in [1.29, 1.82) is 0 Å². The second kappa shape index (κ2) is 4.87. The molecule has 6 heteroatoms. The normalized spacial score (nSPS) is 11.0. The zero-order chi connectivity index (χ0) is 10.7. The lowest BCUT2D eigenvalue weighted by Crippen LogP contribution is -2.02. The number of pyridine rings is 1. The van der Waals surface area contributed by atoms with Crippen LogP contribution in [0.5, 0.6) is 0 Å². The summed E-state index contributed by atoms with van der Waals surface area (Å²) in [7, 11) is 0. The topological polar surface area (TPSA) is 33.1 Å². The van der Waals surface area contributed by atoms with E-state index in [0.29, 0.717) is 0 Å². The van der Waals surface area contributed by atoms with Gasteiger partial charge in [0.2, 0.25) is 0 Å². The second-order valence-electron chi connectivity index (χ2n) is 2.55. The number of aliphatic hydroxyl groups excluding tert-OH is 1. The molecule has 1 rings (SSSR count). The number of hydrogen-bond acceptors (Lipinski definition) is 2. The van der Waals surface area contributed by atoms with Crippen LogP contribution in [-0.4, -0.2) is 10.1 Å². The van der Waals surface area contributed by atoms with E-state index >= 15 is 0 Å². The first-order valence-electron chi connectivity index (χ1n) is 3.73. The average molecular weight is 242 g/mol. The fourth-order valence-corrected chi connectivity index (χ4v) is 1.44. The highest BCUT2D eigenvalue weighted by atomic mass is 35.5. The fourth-order valence-electron chi connectivity index (χ4n) is 1.02. The van der Waals surface area contributed by atoms with Gasteiger partial charge in [-0.05, 0) is 6.07 Å². The first-order valence-corrected chi connectivity index (χ1v) is 4.64. The number of halogens is 4. The summed E-state index contributed by atoms with van der Waals surface area (Å²) >= 11 is 11.1. The van der Waals surface area contributed by atoms with E-state index in [0.717, 1.165) is 0 Å². The molecule has 0 saturated carbocycles. The van der Waals surface area contributed by atoms with Crippen molar-refractivity contribution in [2.75, 3.05) is 0 Å². The molecule has 0 fully saturated rings. The monoisotopic (exact) mass is 241 g/mol. The molecule has 0 bridgehead atoms. The van der Waals surface area contributed by atoms with Crippen LogP contribution in [0.1, 0.15) is 23.4 Å². The number of nitrogens with zero attached hydrogens (tertiary/aromatic N) is 1. The Morgan fingerprint density at radius 3 is 2.57 bits per heavy atom. The Bertz CT molecular complexity index is 333. The van der Waals surface area contributed by atoms with Gasteiger partial charge in [-0.15, -0.1) is 11.6 Å². The minimum atomic E-state index is -2.77. The van der Waals surface area contributed by atoms with Crippen LogP contribution in [0.3, 0.4) is 0 Å². The van der Waals surface area contributed by atoms with Gasteiger partial charge in [0, 0.05) is 10.6 Å². The van der Waals surface area contributed by atoms with Gasteiger partial charge in [-0.3, -0.25) is 4.98 Å². The lowest BCUT2D eigenvalue weighted by molar-refractivity contribution is 0.141. The Labute approximate surface area is 89.5 Å². The molecule has 0 aliphatic rings. The van der Waals surface area contributed by atoms with E-state index in [1.165, 1.54) is 6.07 Å². The standard InChI is InChI=1S/C8H7Cl2F2NO/c9-2-4-1-6(10)5(3-14)7(13-4)8(11)12/h1,8,14H,2-3H2. The third kappa shape index (κ3) is 2.32. The van der Waals surface area contributed by atoms with Gasteiger partial charge in [-0.1, -0.05) is 11.6 Å². The van der Waals surface area contributed by atoms with Crippen LogP contribution in [0, 0.1) is 0 Å². The van der Waals surface area contributed by atoms with Gasteiger partial charge in [0.05, 0.1) is 18.2 Å². The molecule has 1 heterocycles. The zero-order valence-electron chi connectivity index (χ0n) is 6.98. The minimum absolute atomic E-state index is 0.00511. The molecule has 0 amide bonds. The molecule has 0 radical (unpaired) electrons. The van der Waals surface area contributed by atoms with Crippen LogP contribution in [0.25, 0.3) is 0 Å². The third-order valence-corrected chi connectivity index (χ3v) is 2.27. The molecule has 0 aliphatic heterocycles. The molecule has 0 saturated heterocycles. The van der Waals surface area contributed by atoms with Crippen molar-refractivity contribution >= 4 is 23.2 Å². The highest BCUT2D eigenvalue weighted by Crippen LogP contribution is 2.27. The predicted molar refractivity (Wildman–Crippen MR) is 49.7 cm³/mol. The van der Waals surface area contributed by atoms with E-state index in [-0.39, 0.29) is 22.2 Å². The summed E-state index contributed by atoms with van der Waals surface area (Å²) < 4.78 is 24.9. The zero-order valence-corrected chi connectivity index (χ0v) is 8.49. The average Bonchev–Trinajstić information content (AvgIpc) is 2.16. The van der Waals surface area contributed by atoms with Gasteiger partial charge in [-0.25, -0.2) is 8.78 Å². The molecule has 1 aromatic rings. The summed E-state index contributed by atoms with van der Waals surface area (Å²) in [6.07, 6.45) is -2.77. The Hall–Kier alpha value is -0.450. The van der Waals surface area contributed by atoms with E-state index in [1.54, 1.807) is 0 Å². The molecule has 0 spiro atoms. The third-order valence-electron chi connectivity index (χ3n) is 1.66. The SMILES string of the molecule is OCc1c(Cl)cc(CCl)nc1C(F)F. The minimum Gasteiger partial charge on any atom is -0.392 e. The molecule has 2 nitrogen and oxygen atoms in total. The summed E-state index contributed by atoms with van der Waals surface area (Å²) in [6, 6.07) is 1.37. The molecule has 1 aromatic heterocycles. The maximum absolute atomic E-state index is 12.4. The maximum atomic E-state index is 12.4. The van der Waals surface area contributed by atoms with Crippen molar-refractivity contribution in [1.82, 2.24) is 4.98 Å². The maximum Gasteiger partial charge on any atom is 0.280 e.